The topological polar surface area (TPSA) is 44.1 Å². The van der Waals surface area contributed by atoms with E-state index in [9.17, 15) is 10.1 Å². The molecule has 1 aliphatic rings. The van der Waals surface area contributed by atoms with Gasteiger partial charge in [0.1, 0.15) is 0 Å². The molecule has 20 heavy (non-hydrogen) atoms. The van der Waals surface area contributed by atoms with Gasteiger partial charge in [-0.3, -0.25) is 4.79 Å². The first-order valence-electron chi connectivity index (χ1n) is 6.63. The highest BCUT2D eigenvalue weighted by Crippen LogP contribution is 2.50. The van der Waals surface area contributed by atoms with Crippen molar-refractivity contribution in [1.29, 1.82) is 5.26 Å². The van der Waals surface area contributed by atoms with Crippen LogP contribution in [-0.4, -0.2) is 13.0 Å². The van der Waals surface area contributed by atoms with E-state index in [0.717, 1.165) is 16.8 Å². The number of benzene rings is 1. The maximum absolute atomic E-state index is 12.7. The molecule has 1 atom stereocenters. The van der Waals surface area contributed by atoms with Gasteiger partial charge in [0.25, 0.3) is 0 Å². The van der Waals surface area contributed by atoms with E-state index in [0.29, 0.717) is 11.4 Å². The van der Waals surface area contributed by atoms with Gasteiger partial charge in [-0.25, -0.2) is 0 Å². The first-order chi connectivity index (χ1) is 9.14. The largest absolute Gasteiger partial charge is 0.314 e. The normalized spacial score (nSPS) is 21.9. The molecule has 0 aliphatic carbocycles. The molecule has 106 valence electrons. The van der Waals surface area contributed by atoms with Crippen molar-refractivity contribution >= 4 is 23.2 Å². The van der Waals surface area contributed by atoms with E-state index in [-0.39, 0.29) is 5.91 Å². The van der Waals surface area contributed by atoms with Crippen molar-refractivity contribution in [1.82, 2.24) is 0 Å². The number of halogens is 1. The van der Waals surface area contributed by atoms with Crippen LogP contribution in [0.3, 0.4) is 0 Å². The highest BCUT2D eigenvalue weighted by atomic mass is 35.5. The summed E-state index contributed by atoms with van der Waals surface area (Å²) in [6, 6.07) is 6.04. The number of hydrogen-bond donors (Lipinski definition) is 0. The van der Waals surface area contributed by atoms with Gasteiger partial charge in [0.05, 0.1) is 22.6 Å². The fourth-order valence-corrected chi connectivity index (χ4v) is 3.65. The minimum atomic E-state index is -0.744. The third-order valence-electron chi connectivity index (χ3n) is 4.09. The lowest BCUT2D eigenvalue weighted by molar-refractivity contribution is -0.123. The molecule has 0 spiro atoms. The van der Waals surface area contributed by atoms with Gasteiger partial charge < -0.3 is 4.90 Å². The summed E-state index contributed by atoms with van der Waals surface area (Å²) < 4.78 is 0. The first-order valence-corrected chi connectivity index (χ1v) is 7.01. The highest BCUT2D eigenvalue weighted by Gasteiger charge is 2.50. The zero-order chi connectivity index (χ0) is 15.3. The molecule has 0 aromatic heterocycles. The second-order valence-corrected chi connectivity index (χ2v) is 6.86. The molecule has 1 amide bonds. The molecule has 1 aliphatic heterocycles. The Hall–Kier alpha value is -1.53. The fraction of sp³-hybridized carbons (Fsp3) is 0.500. The molecule has 4 heteroatoms. The van der Waals surface area contributed by atoms with E-state index in [4.69, 9.17) is 11.6 Å². The van der Waals surface area contributed by atoms with Gasteiger partial charge in [-0.1, -0.05) is 17.7 Å². The molecule has 0 bridgehead atoms. The van der Waals surface area contributed by atoms with E-state index in [1.807, 2.05) is 39.8 Å². The van der Waals surface area contributed by atoms with Crippen molar-refractivity contribution in [3.05, 3.63) is 28.3 Å². The van der Waals surface area contributed by atoms with Crippen LogP contribution in [0.25, 0.3) is 0 Å². The van der Waals surface area contributed by atoms with Crippen molar-refractivity contribution in [3.63, 3.8) is 0 Å². The minimum absolute atomic E-state index is 0.00650. The van der Waals surface area contributed by atoms with Crippen molar-refractivity contribution < 1.29 is 4.79 Å². The number of carbonyl (C=O) groups excluding carboxylic acids is 1. The molecule has 0 unspecified atom stereocenters. The van der Waals surface area contributed by atoms with Crippen LogP contribution in [0.1, 0.15) is 38.3 Å². The number of aryl methyl sites for hydroxylation is 1. The number of anilines is 1. The van der Waals surface area contributed by atoms with Crippen LogP contribution in [-0.2, 0) is 10.2 Å². The predicted molar refractivity (Wildman–Crippen MR) is 81.0 cm³/mol. The second-order valence-electron chi connectivity index (χ2n) is 6.46. The zero-order valence-electron chi connectivity index (χ0n) is 12.5. The summed E-state index contributed by atoms with van der Waals surface area (Å²) in [4.78, 5) is 14.4. The van der Waals surface area contributed by atoms with Crippen LogP contribution in [0, 0.1) is 23.7 Å². The average Bonchev–Trinajstić information content (AvgIpc) is 2.56. The van der Waals surface area contributed by atoms with Crippen LogP contribution >= 0.6 is 11.6 Å². The SMILES string of the molecule is Cc1ccc(Cl)c2c1N(C)C(=O)[C@@]2(C)CC(C)(C)C#N. The van der Waals surface area contributed by atoms with Gasteiger partial charge in [-0.05, 0) is 45.7 Å². The van der Waals surface area contributed by atoms with Crippen LogP contribution in [0.5, 0.6) is 0 Å². The third-order valence-corrected chi connectivity index (χ3v) is 4.41. The van der Waals surface area contributed by atoms with E-state index in [1.165, 1.54) is 0 Å². The Labute approximate surface area is 125 Å². The second kappa shape index (κ2) is 4.49. The lowest BCUT2D eigenvalue weighted by atomic mass is 9.71. The standard InChI is InChI=1S/C16H19ClN2O/c1-10-6-7-11(17)12-13(10)19(5)14(20)16(12,4)8-15(2,3)9-18/h6-7H,8H2,1-5H3/t16-/m0/s1. The smallest absolute Gasteiger partial charge is 0.237 e. The van der Waals surface area contributed by atoms with Gasteiger partial charge >= 0.3 is 0 Å². The number of rotatable bonds is 2. The Morgan fingerprint density at radius 3 is 2.60 bits per heavy atom. The van der Waals surface area contributed by atoms with Crippen LogP contribution < -0.4 is 4.90 Å². The number of amides is 1. The Balaban J connectivity index is 2.68. The molecule has 0 N–H and O–H groups in total. The van der Waals surface area contributed by atoms with Crippen molar-refractivity contribution in [2.45, 2.75) is 39.5 Å². The van der Waals surface area contributed by atoms with Crippen LogP contribution in [0.2, 0.25) is 5.02 Å². The summed E-state index contributed by atoms with van der Waals surface area (Å²) in [5, 5.41) is 9.88. The van der Waals surface area contributed by atoms with Gasteiger partial charge in [0.15, 0.2) is 0 Å². The van der Waals surface area contributed by atoms with Crippen molar-refractivity contribution in [2.24, 2.45) is 5.41 Å². The summed E-state index contributed by atoms with van der Waals surface area (Å²) in [6.45, 7) is 7.57. The molecule has 0 fully saturated rings. The number of carbonyl (C=O) groups is 1. The number of nitrogens with zero attached hydrogens (tertiary/aromatic N) is 2. The molecule has 0 radical (unpaired) electrons. The Morgan fingerprint density at radius 2 is 2.05 bits per heavy atom. The molecule has 3 nitrogen and oxygen atoms in total. The Bertz CT molecular complexity index is 630. The fourth-order valence-electron chi connectivity index (χ4n) is 3.29. The molecular weight excluding hydrogens is 272 g/mol. The zero-order valence-corrected chi connectivity index (χ0v) is 13.3. The minimum Gasteiger partial charge on any atom is -0.314 e. The molecule has 1 heterocycles. The summed E-state index contributed by atoms with van der Waals surface area (Å²) in [5.41, 5.74) is 1.44. The molecule has 0 saturated heterocycles. The van der Waals surface area contributed by atoms with Gasteiger partial charge in [0, 0.05) is 17.6 Å². The Morgan fingerprint density at radius 1 is 1.45 bits per heavy atom. The summed E-state index contributed by atoms with van der Waals surface area (Å²) >= 11 is 6.37. The number of nitriles is 1. The van der Waals surface area contributed by atoms with Crippen LogP contribution in [0.15, 0.2) is 12.1 Å². The third kappa shape index (κ3) is 1.99. The summed E-state index contributed by atoms with van der Waals surface area (Å²) in [6.07, 6.45) is 0.454. The quantitative estimate of drug-likeness (QED) is 0.831. The average molecular weight is 291 g/mol. The van der Waals surface area contributed by atoms with Gasteiger partial charge in [0.2, 0.25) is 5.91 Å². The highest BCUT2D eigenvalue weighted by molar-refractivity contribution is 6.33. The Kier molecular flexibility index (Phi) is 3.34. The van der Waals surface area contributed by atoms with E-state index in [2.05, 4.69) is 6.07 Å². The maximum Gasteiger partial charge on any atom is 0.237 e. The number of fused-ring (bicyclic) bond motifs is 1. The van der Waals surface area contributed by atoms with Crippen LogP contribution in [0.4, 0.5) is 5.69 Å². The lowest BCUT2D eigenvalue weighted by Gasteiger charge is -2.29. The van der Waals surface area contributed by atoms with E-state index >= 15 is 0 Å². The summed E-state index contributed by atoms with van der Waals surface area (Å²) in [5.74, 6) is 0.00650. The molecule has 1 aromatic rings. The van der Waals surface area contributed by atoms with Gasteiger partial charge in [-0.15, -0.1) is 0 Å². The molecule has 0 saturated carbocycles. The van der Waals surface area contributed by atoms with Gasteiger partial charge in [-0.2, -0.15) is 5.26 Å². The summed E-state index contributed by atoms with van der Waals surface area (Å²) in [7, 11) is 1.77. The molecule has 2 rings (SSSR count). The first kappa shape index (κ1) is 14.9. The number of hydrogen-bond acceptors (Lipinski definition) is 2. The molecule has 1 aromatic carbocycles. The van der Waals surface area contributed by atoms with E-state index < -0.39 is 10.8 Å². The lowest BCUT2D eigenvalue weighted by Crippen LogP contribution is -2.39. The monoisotopic (exact) mass is 290 g/mol. The molecular formula is C16H19ClN2O. The predicted octanol–water partition coefficient (Wildman–Crippen LogP) is 3.82. The van der Waals surface area contributed by atoms with Crippen molar-refractivity contribution in [3.8, 4) is 6.07 Å². The maximum atomic E-state index is 12.7. The number of likely N-dealkylation sites (N-methyl/N-ethyl adjacent to an activating group) is 1. The van der Waals surface area contributed by atoms with Crippen molar-refractivity contribution in [2.75, 3.05) is 11.9 Å². The van der Waals surface area contributed by atoms with E-state index in [1.54, 1.807) is 11.9 Å².